The van der Waals surface area contributed by atoms with E-state index in [0.29, 0.717) is 0 Å². The van der Waals surface area contributed by atoms with Crippen LogP contribution in [-0.2, 0) is 27.5 Å². The van der Waals surface area contributed by atoms with E-state index in [2.05, 4.69) is 5.32 Å². The summed E-state index contributed by atoms with van der Waals surface area (Å²) in [7, 11) is -1.59. The minimum absolute atomic E-state index is 0.100. The molecule has 0 fully saturated rings. The van der Waals surface area contributed by atoms with Crippen molar-refractivity contribution in [2.45, 2.75) is 24.9 Å². The first-order valence-electron chi connectivity index (χ1n) is 7.61. The largest absolute Gasteiger partial charge is 0.416 e. The number of hydrogen-bond acceptors (Lipinski definition) is 2. The normalized spacial score (nSPS) is 13.9. The van der Waals surface area contributed by atoms with Gasteiger partial charge in [0.1, 0.15) is 5.75 Å². The van der Waals surface area contributed by atoms with E-state index in [-0.39, 0.29) is 23.1 Å². The molecular weight excluding hydrogens is 351 g/mol. The molecule has 0 aliphatic rings. The summed E-state index contributed by atoms with van der Waals surface area (Å²) in [6.07, 6.45) is -4.44. The van der Waals surface area contributed by atoms with Gasteiger partial charge in [-0.3, -0.25) is 9.00 Å². The minimum atomic E-state index is -4.44. The number of benzene rings is 2. The fourth-order valence-corrected chi connectivity index (χ4v) is 3.36. The van der Waals surface area contributed by atoms with Crippen LogP contribution in [0.25, 0.3) is 0 Å². The number of carbonyl (C=O) groups excluding carboxylic acids is 1. The van der Waals surface area contributed by atoms with Gasteiger partial charge in [-0.25, -0.2) is 0 Å². The molecule has 134 valence electrons. The van der Waals surface area contributed by atoms with E-state index in [1.807, 2.05) is 37.3 Å². The van der Waals surface area contributed by atoms with Crippen LogP contribution in [0.2, 0.25) is 0 Å². The van der Waals surface area contributed by atoms with Crippen molar-refractivity contribution >= 4 is 16.7 Å². The molecule has 0 aliphatic heterocycles. The first-order valence-corrected chi connectivity index (χ1v) is 9.10. The van der Waals surface area contributed by atoms with E-state index in [9.17, 15) is 22.2 Å². The summed E-state index contributed by atoms with van der Waals surface area (Å²) < 4.78 is 50.1. The summed E-state index contributed by atoms with van der Waals surface area (Å²) in [5.74, 6) is -0.758. The van der Waals surface area contributed by atoms with Gasteiger partial charge in [0.25, 0.3) is 0 Å². The van der Waals surface area contributed by atoms with Gasteiger partial charge in [-0.2, -0.15) is 13.2 Å². The Morgan fingerprint density at radius 3 is 2.44 bits per heavy atom. The molecule has 3 nitrogen and oxygen atoms in total. The molecule has 0 heterocycles. The lowest BCUT2D eigenvalue weighted by Crippen LogP contribution is -2.31. The van der Waals surface area contributed by atoms with E-state index in [1.165, 1.54) is 12.1 Å². The number of nitrogens with one attached hydrogen (secondary N) is 1. The zero-order chi connectivity index (χ0) is 18.4. The smallest absolute Gasteiger partial charge is 0.349 e. The van der Waals surface area contributed by atoms with Gasteiger partial charge >= 0.3 is 6.18 Å². The first-order chi connectivity index (χ1) is 11.8. The lowest BCUT2D eigenvalue weighted by molar-refractivity contribution is -0.137. The molecule has 7 heteroatoms. The Bertz CT molecular complexity index is 747. The summed E-state index contributed by atoms with van der Waals surface area (Å²) in [5, 5.41) is 2.74. The fraction of sp³-hybridized carbons (Fsp3) is 0.278. The van der Waals surface area contributed by atoms with Gasteiger partial charge in [0, 0.05) is 16.6 Å². The quantitative estimate of drug-likeness (QED) is 0.841. The molecule has 0 saturated carbocycles. The second kappa shape index (κ2) is 8.29. The Labute approximate surface area is 146 Å². The molecule has 2 unspecified atom stereocenters. The highest BCUT2D eigenvalue weighted by Gasteiger charge is 2.30. The third-order valence-corrected chi connectivity index (χ3v) is 4.79. The molecular formula is C18H18F3NO2S. The Kier molecular flexibility index (Phi) is 6.36. The van der Waals surface area contributed by atoms with Crippen LogP contribution in [0.5, 0.6) is 0 Å². The third kappa shape index (κ3) is 6.01. The van der Waals surface area contributed by atoms with Gasteiger partial charge in [-0.1, -0.05) is 48.5 Å². The number of hydrogen-bond donors (Lipinski definition) is 1. The van der Waals surface area contributed by atoms with E-state index in [0.717, 1.165) is 17.7 Å². The minimum Gasteiger partial charge on any atom is -0.349 e. The highest BCUT2D eigenvalue weighted by molar-refractivity contribution is 7.84. The second-order valence-electron chi connectivity index (χ2n) is 5.63. The van der Waals surface area contributed by atoms with Crippen molar-refractivity contribution in [3.8, 4) is 0 Å². The Hall–Kier alpha value is -2.15. The summed E-state index contributed by atoms with van der Waals surface area (Å²) in [5.41, 5.74) is 0.417. The average Bonchev–Trinajstić information content (AvgIpc) is 2.54. The maximum atomic E-state index is 12.7. The Morgan fingerprint density at radius 1 is 1.12 bits per heavy atom. The van der Waals surface area contributed by atoms with Crippen LogP contribution in [0.15, 0.2) is 54.6 Å². The number of alkyl halides is 3. The van der Waals surface area contributed by atoms with E-state index in [1.54, 1.807) is 0 Å². The third-order valence-electron chi connectivity index (χ3n) is 3.55. The fourth-order valence-electron chi connectivity index (χ4n) is 2.33. The van der Waals surface area contributed by atoms with Crippen molar-refractivity contribution in [2.24, 2.45) is 0 Å². The SMILES string of the molecule is CC(NC(=O)CS(=O)Cc1cccc(C(F)(F)F)c1)c1ccccc1. The molecule has 0 radical (unpaired) electrons. The van der Waals surface area contributed by atoms with Crippen LogP contribution in [0.1, 0.15) is 29.7 Å². The predicted molar refractivity (Wildman–Crippen MR) is 91.2 cm³/mol. The molecule has 0 bridgehead atoms. The van der Waals surface area contributed by atoms with E-state index < -0.39 is 28.4 Å². The lowest BCUT2D eigenvalue weighted by atomic mass is 10.1. The molecule has 0 spiro atoms. The van der Waals surface area contributed by atoms with Crippen LogP contribution in [0, 0.1) is 0 Å². The summed E-state index contributed by atoms with van der Waals surface area (Å²) in [6.45, 7) is 1.81. The van der Waals surface area contributed by atoms with Crippen LogP contribution in [-0.4, -0.2) is 15.9 Å². The molecule has 0 saturated heterocycles. The maximum absolute atomic E-state index is 12.7. The van der Waals surface area contributed by atoms with Crippen LogP contribution in [0.4, 0.5) is 13.2 Å². The standard InChI is InChI=1S/C18H18F3NO2S/c1-13(15-7-3-2-4-8-15)22-17(23)12-25(24)11-14-6-5-9-16(10-14)18(19,20)21/h2-10,13H,11-12H2,1H3,(H,22,23). The van der Waals surface area contributed by atoms with Crippen molar-refractivity contribution in [2.75, 3.05) is 5.75 Å². The van der Waals surface area contributed by atoms with Crippen molar-refractivity contribution in [3.63, 3.8) is 0 Å². The number of amides is 1. The first kappa shape index (κ1) is 19.2. The second-order valence-corrected chi connectivity index (χ2v) is 7.08. The molecule has 0 aromatic heterocycles. The van der Waals surface area contributed by atoms with Crippen molar-refractivity contribution in [1.29, 1.82) is 0 Å². The van der Waals surface area contributed by atoms with Gasteiger partial charge in [-0.05, 0) is 24.1 Å². The van der Waals surface area contributed by atoms with Gasteiger partial charge < -0.3 is 5.32 Å². The molecule has 2 aromatic rings. The monoisotopic (exact) mass is 369 g/mol. The molecule has 25 heavy (non-hydrogen) atoms. The predicted octanol–water partition coefficient (Wildman–Crippen LogP) is 3.83. The highest BCUT2D eigenvalue weighted by Crippen LogP contribution is 2.29. The summed E-state index contributed by atoms with van der Waals surface area (Å²) >= 11 is 0. The van der Waals surface area contributed by atoms with Gasteiger partial charge in [0.15, 0.2) is 0 Å². The topological polar surface area (TPSA) is 46.2 Å². The van der Waals surface area contributed by atoms with Crippen LogP contribution < -0.4 is 5.32 Å². The molecule has 1 N–H and O–H groups in total. The maximum Gasteiger partial charge on any atom is 0.416 e. The van der Waals surface area contributed by atoms with E-state index >= 15 is 0 Å². The number of carbonyl (C=O) groups is 1. The lowest BCUT2D eigenvalue weighted by Gasteiger charge is -2.14. The summed E-state index contributed by atoms with van der Waals surface area (Å²) in [4.78, 5) is 12.0. The Balaban J connectivity index is 1.91. The van der Waals surface area contributed by atoms with Crippen molar-refractivity contribution < 1.29 is 22.2 Å². The average molecular weight is 369 g/mol. The summed E-state index contributed by atoms with van der Waals surface area (Å²) in [6, 6.07) is 13.7. The van der Waals surface area contributed by atoms with Gasteiger partial charge in [0.2, 0.25) is 5.91 Å². The van der Waals surface area contributed by atoms with Crippen LogP contribution >= 0.6 is 0 Å². The van der Waals surface area contributed by atoms with Gasteiger partial charge in [0.05, 0.1) is 11.6 Å². The molecule has 2 atom stereocenters. The molecule has 1 amide bonds. The zero-order valence-electron chi connectivity index (χ0n) is 13.5. The highest BCUT2D eigenvalue weighted by atomic mass is 32.2. The molecule has 2 aromatic carbocycles. The molecule has 0 aliphatic carbocycles. The molecule has 2 rings (SSSR count). The van der Waals surface area contributed by atoms with Crippen LogP contribution in [0.3, 0.4) is 0 Å². The van der Waals surface area contributed by atoms with E-state index in [4.69, 9.17) is 0 Å². The van der Waals surface area contributed by atoms with Gasteiger partial charge in [-0.15, -0.1) is 0 Å². The zero-order valence-corrected chi connectivity index (χ0v) is 14.4. The van der Waals surface area contributed by atoms with Crippen molar-refractivity contribution in [1.82, 2.24) is 5.32 Å². The van der Waals surface area contributed by atoms with Crippen molar-refractivity contribution in [3.05, 3.63) is 71.3 Å². The Morgan fingerprint density at radius 2 is 1.80 bits per heavy atom. The number of halogens is 3. The number of rotatable bonds is 6.